The van der Waals surface area contributed by atoms with Gasteiger partial charge in [-0.2, -0.15) is 0 Å². The number of anilines is 5. The lowest BCUT2D eigenvalue weighted by Crippen LogP contribution is -2.63. The fourth-order valence-corrected chi connectivity index (χ4v) is 15.6. The van der Waals surface area contributed by atoms with E-state index in [1.807, 2.05) is 23.5 Å². The van der Waals surface area contributed by atoms with Gasteiger partial charge in [0.1, 0.15) is 11.2 Å². The lowest BCUT2D eigenvalue weighted by atomic mass is 9.42. The molecule has 0 radical (unpaired) electrons. The number of benzene rings is 9. The highest BCUT2D eigenvalue weighted by atomic mass is 32.2. The molecule has 9 aromatic carbocycles. The van der Waals surface area contributed by atoms with E-state index in [9.17, 15) is 0 Å². The van der Waals surface area contributed by atoms with E-state index in [1.54, 1.807) is 0 Å². The van der Waals surface area contributed by atoms with Crippen LogP contribution in [0.3, 0.4) is 0 Å². The molecule has 336 valence electrons. The van der Waals surface area contributed by atoms with Crippen molar-refractivity contribution in [1.29, 1.82) is 0 Å². The zero-order valence-corrected chi connectivity index (χ0v) is 41.6. The van der Waals surface area contributed by atoms with Gasteiger partial charge in [0.15, 0.2) is 0 Å². The minimum absolute atomic E-state index is 0.0293. The van der Waals surface area contributed by atoms with E-state index in [0.717, 1.165) is 28.4 Å². The normalized spacial score (nSPS) is 17.0. The summed E-state index contributed by atoms with van der Waals surface area (Å²) in [5.41, 5.74) is 21.8. The van der Waals surface area contributed by atoms with Gasteiger partial charge in [-0.3, -0.25) is 0 Å². The molecule has 4 aliphatic heterocycles. The zero-order chi connectivity index (χ0) is 46.8. The highest BCUT2D eigenvalue weighted by Crippen LogP contribution is 2.62. The molecule has 5 aliphatic rings. The molecule has 0 N–H and O–H groups in total. The van der Waals surface area contributed by atoms with E-state index in [1.165, 1.54) is 115 Å². The molecule has 0 fully saturated rings. The summed E-state index contributed by atoms with van der Waals surface area (Å²) in [6.07, 6.45) is 2.33. The Labute approximate surface area is 418 Å². The highest BCUT2D eigenvalue weighted by Gasteiger charge is 2.54. The Hall–Kier alpha value is -6.86. The minimum atomic E-state index is -0.612. The van der Waals surface area contributed by atoms with Gasteiger partial charge in [-0.25, -0.2) is 0 Å². The van der Waals surface area contributed by atoms with Crippen LogP contribution in [0.1, 0.15) is 79.5 Å². The van der Waals surface area contributed by atoms with Gasteiger partial charge in [-0.05, 0) is 129 Å². The molecule has 1 aliphatic carbocycles. The molecule has 0 bridgehead atoms. The number of nitrogens with zero attached hydrogens (tertiary/aromatic N) is 2. The molecule has 5 heterocycles. The van der Waals surface area contributed by atoms with Crippen LogP contribution in [0.25, 0.3) is 33.1 Å². The van der Waals surface area contributed by atoms with Crippen LogP contribution in [-0.2, 0) is 16.2 Å². The second-order valence-electron chi connectivity index (χ2n) is 21.4. The largest absolute Gasteiger partial charge is 0.455 e. The Balaban J connectivity index is 1.12. The van der Waals surface area contributed by atoms with Crippen LogP contribution in [0.15, 0.2) is 206 Å². The van der Waals surface area contributed by atoms with Crippen molar-refractivity contribution < 1.29 is 4.42 Å². The summed E-state index contributed by atoms with van der Waals surface area (Å²) in [5, 5.41) is 2.28. The van der Waals surface area contributed by atoms with Crippen molar-refractivity contribution >= 4 is 91.7 Å². The number of hydrogen-bond acceptors (Lipinski definition) is 5. The monoisotopic (exact) mass is 936 g/mol. The van der Waals surface area contributed by atoms with Gasteiger partial charge < -0.3 is 14.1 Å². The first-order valence-electron chi connectivity index (χ1n) is 24.8. The van der Waals surface area contributed by atoms with Gasteiger partial charge >= 0.3 is 6.85 Å². The van der Waals surface area contributed by atoms with E-state index in [2.05, 4.69) is 226 Å². The topological polar surface area (TPSA) is 19.6 Å². The van der Waals surface area contributed by atoms with Crippen molar-refractivity contribution in [3.05, 3.63) is 221 Å². The molecule has 0 unspecified atom stereocenters. The maximum atomic E-state index is 7.26. The van der Waals surface area contributed by atoms with Gasteiger partial charge in [-0.1, -0.05) is 185 Å². The van der Waals surface area contributed by atoms with E-state index >= 15 is 0 Å². The quantitative estimate of drug-likeness (QED) is 0.164. The molecule has 0 saturated carbocycles. The molecule has 0 atom stereocenters. The summed E-state index contributed by atoms with van der Waals surface area (Å²) in [6, 6.07) is 69.1. The SMILES string of the molecule is Cc1cc2c(cc1N1c3cc4c(cc3B3c5c1cc1c(oc6ccccc61)c5-c1cccc5c1N3c1ccccc1C5(c1ccccc1)c1ccccc1)Sc1ccccc1S4)C(C)(C)CCC2(C)C. The summed E-state index contributed by atoms with van der Waals surface area (Å²) in [6.45, 7) is 12.0. The number of aryl methyl sites for hydroxylation is 1. The van der Waals surface area contributed by atoms with Crippen LogP contribution < -0.4 is 20.6 Å². The molecule has 15 rings (SSSR count). The second kappa shape index (κ2) is 14.4. The molecular formula is C64H49BN2OS2. The standard InChI is InChI=1S/C64H49BN2OS2/c1-38-33-46-47(63(4,5)32-31-62(46,2)3)35-50(38)66-51-37-57-56(69-54-29-16-17-30-55(54)70-57)36-48(51)65-59-52(66)34-43-41-23-12-15-28-53(41)68-61(43)58(59)42-24-18-26-45-60(42)67(65)49-27-14-13-25-44(49)64(45,39-19-8-6-9-20-39)40-21-10-7-11-22-40/h6-30,33-37H,31-32H2,1-5H3. The van der Waals surface area contributed by atoms with Crippen LogP contribution in [-0.4, -0.2) is 6.85 Å². The fourth-order valence-electron chi connectivity index (χ4n) is 13.4. The molecule has 0 amide bonds. The third-order valence-corrected chi connectivity index (χ3v) is 19.2. The van der Waals surface area contributed by atoms with Crippen LogP contribution in [0.5, 0.6) is 0 Å². The van der Waals surface area contributed by atoms with Crippen molar-refractivity contribution in [3.63, 3.8) is 0 Å². The Morgan fingerprint density at radius 2 is 1.11 bits per heavy atom. The summed E-state index contributed by atoms with van der Waals surface area (Å²) in [4.78, 5) is 10.6. The number of rotatable bonds is 3. The van der Waals surface area contributed by atoms with Crippen molar-refractivity contribution in [3.8, 4) is 11.1 Å². The molecule has 0 saturated heterocycles. The van der Waals surface area contributed by atoms with Gasteiger partial charge in [0.2, 0.25) is 0 Å². The molecule has 3 nitrogen and oxygen atoms in total. The number of para-hydroxylation sites is 3. The Kier molecular flexibility index (Phi) is 8.41. The minimum Gasteiger partial charge on any atom is -0.455 e. The molecular weight excluding hydrogens is 888 g/mol. The van der Waals surface area contributed by atoms with E-state index in [-0.39, 0.29) is 17.7 Å². The summed E-state index contributed by atoms with van der Waals surface area (Å²) in [7, 11) is 0. The predicted molar refractivity (Wildman–Crippen MR) is 294 cm³/mol. The Bertz CT molecular complexity index is 3850. The number of hydrogen-bond donors (Lipinski definition) is 0. The highest BCUT2D eigenvalue weighted by molar-refractivity contribution is 8.05. The third kappa shape index (κ3) is 5.36. The average Bonchev–Trinajstić information content (AvgIpc) is 3.76. The first kappa shape index (κ1) is 41.0. The number of fused-ring (bicyclic) bond motifs is 13. The van der Waals surface area contributed by atoms with Crippen LogP contribution in [0.4, 0.5) is 28.4 Å². The second-order valence-corrected chi connectivity index (χ2v) is 23.6. The van der Waals surface area contributed by atoms with Crippen molar-refractivity contribution in [1.82, 2.24) is 0 Å². The number of furan rings is 1. The summed E-state index contributed by atoms with van der Waals surface area (Å²) >= 11 is 3.82. The Morgan fingerprint density at radius 3 is 1.84 bits per heavy atom. The average molecular weight is 937 g/mol. The van der Waals surface area contributed by atoms with Crippen LogP contribution >= 0.6 is 23.5 Å². The molecule has 6 heteroatoms. The first-order valence-corrected chi connectivity index (χ1v) is 26.5. The lowest BCUT2D eigenvalue weighted by molar-refractivity contribution is 0.332. The van der Waals surface area contributed by atoms with E-state index in [4.69, 9.17) is 4.42 Å². The van der Waals surface area contributed by atoms with Gasteiger partial charge in [0.25, 0.3) is 0 Å². The van der Waals surface area contributed by atoms with Crippen LogP contribution in [0.2, 0.25) is 0 Å². The third-order valence-electron chi connectivity index (χ3n) is 16.7. The molecule has 10 aromatic rings. The smallest absolute Gasteiger partial charge is 0.333 e. The van der Waals surface area contributed by atoms with Gasteiger partial charge in [-0.15, -0.1) is 0 Å². The summed E-state index contributed by atoms with van der Waals surface area (Å²) in [5.74, 6) is 0. The van der Waals surface area contributed by atoms with Crippen molar-refractivity contribution in [2.24, 2.45) is 0 Å². The lowest BCUT2D eigenvalue weighted by Gasteiger charge is -2.53. The molecule has 70 heavy (non-hydrogen) atoms. The predicted octanol–water partition coefficient (Wildman–Crippen LogP) is 16.3. The maximum absolute atomic E-state index is 7.26. The summed E-state index contributed by atoms with van der Waals surface area (Å²) < 4.78 is 7.26. The Morgan fingerprint density at radius 1 is 0.500 bits per heavy atom. The van der Waals surface area contributed by atoms with Crippen LogP contribution in [0, 0.1) is 6.92 Å². The van der Waals surface area contributed by atoms with E-state index in [0.29, 0.717) is 0 Å². The molecule has 1 aromatic heterocycles. The maximum Gasteiger partial charge on any atom is 0.333 e. The van der Waals surface area contributed by atoms with Gasteiger partial charge in [0, 0.05) is 69.9 Å². The molecule has 0 spiro atoms. The first-order chi connectivity index (χ1) is 34.1. The van der Waals surface area contributed by atoms with Gasteiger partial charge in [0.05, 0.1) is 5.41 Å². The zero-order valence-electron chi connectivity index (χ0n) is 39.9. The van der Waals surface area contributed by atoms with E-state index < -0.39 is 5.41 Å². The van der Waals surface area contributed by atoms with Crippen molar-refractivity contribution in [2.45, 2.75) is 83.3 Å². The fraction of sp³-hybridized carbons (Fsp3) is 0.156. The van der Waals surface area contributed by atoms with Crippen molar-refractivity contribution in [2.75, 3.05) is 9.71 Å².